The number of hydrogen-bond donors (Lipinski definition) is 1. The maximum Gasteiger partial charge on any atom is 0.238 e. The van der Waals surface area contributed by atoms with Gasteiger partial charge in [0, 0.05) is 11.1 Å². The van der Waals surface area contributed by atoms with E-state index in [0.29, 0.717) is 0 Å². The molecule has 27 heavy (non-hydrogen) atoms. The number of halogens is 5. The third-order valence-electron chi connectivity index (χ3n) is 3.85. The second-order valence-corrected chi connectivity index (χ2v) is 7.15. The quantitative estimate of drug-likeness (QED) is 0.404. The van der Waals surface area contributed by atoms with E-state index >= 15 is 0 Å². The van der Waals surface area contributed by atoms with Crippen molar-refractivity contribution in [3.63, 3.8) is 0 Å². The summed E-state index contributed by atoms with van der Waals surface area (Å²) < 4.78 is 92.7. The Kier molecular flexibility index (Phi) is 4.75. The molecule has 3 rings (SSSR count). The predicted molar refractivity (Wildman–Crippen MR) is 88.5 cm³/mol. The fourth-order valence-corrected chi connectivity index (χ4v) is 3.14. The van der Waals surface area contributed by atoms with Crippen molar-refractivity contribution in [1.82, 2.24) is 0 Å². The Morgan fingerprint density at radius 1 is 0.667 bits per heavy atom. The lowest BCUT2D eigenvalue weighted by Gasteiger charge is -2.15. The van der Waals surface area contributed by atoms with E-state index in [0.717, 1.165) is 36.4 Å². The molecule has 140 valence electrons. The van der Waals surface area contributed by atoms with E-state index in [2.05, 4.69) is 0 Å². The summed E-state index contributed by atoms with van der Waals surface area (Å²) in [6.07, 6.45) is 0. The molecule has 0 fully saturated rings. The molecule has 0 radical (unpaired) electrons. The van der Waals surface area contributed by atoms with Crippen molar-refractivity contribution in [2.45, 2.75) is 4.90 Å². The first-order chi connectivity index (χ1) is 12.6. The van der Waals surface area contributed by atoms with Gasteiger partial charge in [-0.25, -0.2) is 35.5 Å². The van der Waals surface area contributed by atoms with Crippen LogP contribution in [0.4, 0.5) is 22.0 Å². The van der Waals surface area contributed by atoms with E-state index in [1.165, 1.54) is 12.1 Å². The third kappa shape index (κ3) is 3.43. The molecular formula is C18H10F5NO2S. The minimum atomic E-state index is -4.05. The lowest BCUT2D eigenvalue weighted by Crippen LogP contribution is -2.11. The number of rotatable bonds is 3. The average molecular weight is 399 g/mol. The van der Waals surface area contributed by atoms with Gasteiger partial charge in [0.2, 0.25) is 10.0 Å². The first kappa shape index (κ1) is 19.0. The van der Waals surface area contributed by atoms with Crippen molar-refractivity contribution in [2.75, 3.05) is 0 Å². The Bertz CT molecular complexity index is 1150. The number of sulfonamides is 1. The van der Waals surface area contributed by atoms with E-state index in [9.17, 15) is 30.4 Å². The first-order valence-corrected chi connectivity index (χ1v) is 8.91. The van der Waals surface area contributed by atoms with Crippen LogP contribution in [0.3, 0.4) is 0 Å². The summed E-state index contributed by atoms with van der Waals surface area (Å²) in [6, 6.07) is 8.36. The van der Waals surface area contributed by atoms with Gasteiger partial charge in [0.15, 0.2) is 23.3 Å². The van der Waals surface area contributed by atoms with Crippen LogP contribution >= 0.6 is 0 Å². The van der Waals surface area contributed by atoms with Crippen molar-refractivity contribution in [3.8, 4) is 22.3 Å². The SMILES string of the molecule is NS(=O)(=O)c1ccc(-c2c(F)c(F)c(F)c(F)c2-c2cccc(F)c2)cc1. The van der Waals surface area contributed by atoms with Gasteiger partial charge in [0.1, 0.15) is 5.82 Å². The Labute approximate surface area is 150 Å². The molecule has 3 nitrogen and oxygen atoms in total. The minimum Gasteiger partial charge on any atom is -0.225 e. The first-order valence-electron chi connectivity index (χ1n) is 7.36. The Hall–Kier alpha value is -2.78. The van der Waals surface area contributed by atoms with Gasteiger partial charge in [-0.2, -0.15) is 0 Å². The molecule has 0 unspecified atom stereocenters. The van der Waals surface area contributed by atoms with Crippen molar-refractivity contribution >= 4 is 10.0 Å². The number of benzene rings is 3. The Morgan fingerprint density at radius 3 is 1.67 bits per heavy atom. The lowest BCUT2D eigenvalue weighted by molar-refractivity contribution is 0.412. The summed E-state index contributed by atoms with van der Waals surface area (Å²) in [5.74, 6) is -8.29. The van der Waals surface area contributed by atoms with Crippen LogP contribution in [0.1, 0.15) is 0 Å². The van der Waals surface area contributed by atoms with E-state index < -0.39 is 50.2 Å². The number of nitrogens with two attached hydrogens (primary N) is 1. The average Bonchev–Trinajstić information content (AvgIpc) is 2.62. The summed E-state index contributed by atoms with van der Waals surface area (Å²) in [4.78, 5) is -0.318. The highest BCUT2D eigenvalue weighted by atomic mass is 32.2. The summed E-state index contributed by atoms with van der Waals surface area (Å²) in [7, 11) is -4.05. The van der Waals surface area contributed by atoms with Gasteiger partial charge in [-0.05, 0) is 35.4 Å². The largest absolute Gasteiger partial charge is 0.238 e. The van der Waals surface area contributed by atoms with Gasteiger partial charge in [0.25, 0.3) is 0 Å². The van der Waals surface area contributed by atoms with Crippen LogP contribution in [0.25, 0.3) is 22.3 Å². The van der Waals surface area contributed by atoms with Gasteiger partial charge in [0.05, 0.1) is 4.90 Å². The summed E-state index contributed by atoms with van der Waals surface area (Å²) in [5, 5.41) is 4.97. The molecule has 9 heteroatoms. The molecule has 0 atom stereocenters. The Balaban J connectivity index is 2.35. The topological polar surface area (TPSA) is 60.2 Å². The monoisotopic (exact) mass is 399 g/mol. The zero-order valence-electron chi connectivity index (χ0n) is 13.3. The number of primary sulfonamides is 1. The standard InChI is InChI=1S/C18H10F5NO2S/c19-11-3-1-2-10(8-11)14-13(15(20)17(22)18(23)16(14)21)9-4-6-12(7-5-9)27(24,25)26/h1-8H,(H2,24,25,26). The molecule has 0 saturated heterocycles. The summed E-state index contributed by atoms with van der Waals surface area (Å²) in [6.45, 7) is 0. The molecule has 3 aromatic rings. The van der Waals surface area contributed by atoms with Crippen molar-refractivity contribution in [3.05, 3.63) is 77.6 Å². The van der Waals surface area contributed by atoms with Crippen LogP contribution in [0.5, 0.6) is 0 Å². The van der Waals surface area contributed by atoms with Gasteiger partial charge in [-0.3, -0.25) is 0 Å². The van der Waals surface area contributed by atoms with Crippen molar-refractivity contribution in [1.29, 1.82) is 0 Å². The van der Waals surface area contributed by atoms with Crippen LogP contribution in [0.2, 0.25) is 0 Å². The fourth-order valence-electron chi connectivity index (χ4n) is 2.63. The molecule has 0 aliphatic heterocycles. The van der Waals surface area contributed by atoms with E-state index in [1.807, 2.05) is 0 Å². The molecular weight excluding hydrogens is 389 g/mol. The van der Waals surface area contributed by atoms with Crippen LogP contribution in [0.15, 0.2) is 53.4 Å². The van der Waals surface area contributed by atoms with E-state index in [-0.39, 0.29) is 16.0 Å². The second kappa shape index (κ2) is 6.75. The van der Waals surface area contributed by atoms with Gasteiger partial charge < -0.3 is 0 Å². The highest BCUT2D eigenvalue weighted by Gasteiger charge is 2.27. The maximum absolute atomic E-state index is 14.5. The van der Waals surface area contributed by atoms with E-state index in [1.54, 1.807) is 0 Å². The number of hydrogen-bond acceptors (Lipinski definition) is 2. The van der Waals surface area contributed by atoms with Gasteiger partial charge >= 0.3 is 0 Å². The minimum absolute atomic E-state index is 0.156. The summed E-state index contributed by atoms with van der Waals surface area (Å²) in [5.41, 5.74) is -1.76. The molecule has 0 aliphatic rings. The van der Waals surface area contributed by atoms with Gasteiger partial charge in [-0.15, -0.1) is 0 Å². The van der Waals surface area contributed by atoms with Gasteiger partial charge in [-0.1, -0.05) is 24.3 Å². The Morgan fingerprint density at radius 2 is 1.19 bits per heavy atom. The van der Waals surface area contributed by atoms with E-state index in [4.69, 9.17) is 5.14 Å². The normalized spacial score (nSPS) is 11.6. The molecule has 0 heterocycles. The molecule has 3 aromatic carbocycles. The lowest BCUT2D eigenvalue weighted by atomic mass is 9.93. The van der Waals surface area contributed by atoms with Crippen LogP contribution in [-0.4, -0.2) is 8.42 Å². The fraction of sp³-hybridized carbons (Fsp3) is 0. The third-order valence-corrected chi connectivity index (χ3v) is 4.78. The molecule has 0 spiro atoms. The van der Waals surface area contributed by atoms with Crippen LogP contribution in [0, 0.1) is 29.1 Å². The van der Waals surface area contributed by atoms with Crippen LogP contribution in [-0.2, 0) is 10.0 Å². The molecule has 0 aromatic heterocycles. The molecule has 0 saturated carbocycles. The zero-order chi connectivity index (χ0) is 19.9. The second-order valence-electron chi connectivity index (χ2n) is 5.59. The molecule has 0 bridgehead atoms. The predicted octanol–water partition coefficient (Wildman–Crippen LogP) is 4.36. The smallest absolute Gasteiger partial charge is 0.225 e. The molecule has 2 N–H and O–H groups in total. The highest BCUT2D eigenvalue weighted by Crippen LogP contribution is 2.39. The zero-order valence-corrected chi connectivity index (χ0v) is 14.1. The molecule has 0 aliphatic carbocycles. The maximum atomic E-state index is 14.5. The highest BCUT2D eigenvalue weighted by molar-refractivity contribution is 7.89. The van der Waals surface area contributed by atoms with Crippen molar-refractivity contribution in [2.24, 2.45) is 5.14 Å². The molecule has 0 amide bonds. The summed E-state index contributed by atoms with van der Waals surface area (Å²) >= 11 is 0. The van der Waals surface area contributed by atoms with Crippen LogP contribution < -0.4 is 5.14 Å². The van der Waals surface area contributed by atoms with Crippen molar-refractivity contribution < 1.29 is 30.4 Å².